The van der Waals surface area contributed by atoms with Gasteiger partial charge in [0.15, 0.2) is 0 Å². The lowest BCUT2D eigenvalue weighted by molar-refractivity contribution is 0.0693. The van der Waals surface area contributed by atoms with E-state index in [1.165, 1.54) is 12.4 Å². The summed E-state index contributed by atoms with van der Waals surface area (Å²) in [7, 11) is 3.88. The molecule has 2 rings (SSSR count). The first-order valence-corrected chi connectivity index (χ1v) is 6.18. The zero-order chi connectivity index (χ0) is 14.0. The van der Waals surface area contributed by atoms with Gasteiger partial charge >= 0.3 is 0 Å². The van der Waals surface area contributed by atoms with Gasteiger partial charge in [0.1, 0.15) is 11.5 Å². The summed E-state index contributed by atoms with van der Waals surface area (Å²) in [5.41, 5.74) is 5.76. The molecule has 7 heteroatoms. The Labute approximate surface area is 112 Å². The molecule has 0 aromatic carbocycles. The number of nitrogens with zero attached hydrogens (tertiary/aromatic N) is 4. The summed E-state index contributed by atoms with van der Waals surface area (Å²) in [6, 6.07) is -0.0132. The molecule has 0 saturated carbocycles. The van der Waals surface area contributed by atoms with E-state index in [0.717, 1.165) is 0 Å². The molecular formula is C12H19N5O2. The average Bonchev–Trinajstić information content (AvgIpc) is 2.68. The predicted octanol–water partition coefficient (Wildman–Crippen LogP) is -0.804. The summed E-state index contributed by atoms with van der Waals surface area (Å²) in [4.78, 5) is 23.9. The predicted molar refractivity (Wildman–Crippen MR) is 70.4 cm³/mol. The Morgan fingerprint density at radius 2 is 2.32 bits per heavy atom. The second kappa shape index (κ2) is 5.50. The van der Waals surface area contributed by atoms with Crippen LogP contribution in [0.2, 0.25) is 0 Å². The SMILES string of the molecule is CN(C)CC1CC(O)CN1C(=O)c1cncc(N)n1. The van der Waals surface area contributed by atoms with Crippen molar-refractivity contribution >= 4 is 11.7 Å². The van der Waals surface area contributed by atoms with Crippen LogP contribution < -0.4 is 5.73 Å². The van der Waals surface area contributed by atoms with Gasteiger partial charge in [-0.25, -0.2) is 4.98 Å². The van der Waals surface area contributed by atoms with Crippen molar-refractivity contribution in [2.75, 3.05) is 32.9 Å². The summed E-state index contributed by atoms with van der Waals surface area (Å²) in [6.45, 7) is 1.03. The van der Waals surface area contributed by atoms with E-state index < -0.39 is 6.10 Å². The largest absolute Gasteiger partial charge is 0.391 e. The number of β-amino-alcohol motifs (C(OH)–C–C–N with tert-alkyl or cyclic N) is 1. The van der Waals surface area contributed by atoms with Gasteiger partial charge in [0, 0.05) is 19.1 Å². The first kappa shape index (κ1) is 13.7. The lowest BCUT2D eigenvalue weighted by Gasteiger charge is -2.26. The van der Waals surface area contributed by atoms with Crippen LogP contribution in [0.5, 0.6) is 0 Å². The summed E-state index contributed by atoms with van der Waals surface area (Å²) in [5.74, 6) is -0.0158. The Morgan fingerprint density at radius 3 is 2.95 bits per heavy atom. The maximum atomic E-state index is 12.4. The van der Waals surface area contributed by atoms with Gasteiger partial charge in [0.2, 0.25) is 0 Å². The highest BCUT2D eigenvalue weighted by Crippen LogP contribution is 2.20. The van der Waals surface area contributed by atoms with Crippen molar-refractivity contribution in [3.8, 4) is 0 Å². The van der Waals surface area contributed by atoms with Crippen LogP contribution in [0.3, 0.4) is 0 Å². The second-order valence-electron chi connectivity index (χ2n) is 5.09. The second-order valence-corrected chi connectivity index (χ2v) is 5.09. The van der Waals surface area contributed by atoms with Gasteiger partial charge in [-0.3, -0.25) is 9.78 Å². The molecule has 0 radical (unpaired) electrons. The van der Waals surface area contributed by atoms with E-state index in [2.05, 4.69) is 9.97 Å². The van der Waals surface area contributed by atoms with Crippen molar-refractivity contribution in [1.82, 2.24) is 19.8 Å². The number of nitrogen functional groups attached to an aromatic ring is 1. The van der Waals surface area contributed by atoms with Crippen molar-refractivity contribution < 1.29 is 9.90 Å². The molecule has 0 aliphatic carbocycles. The van der Waals surface area contributed by atoms with Gasteiger partial charge < -0.3 is 20.6 Å². The van der Waals surface area contributed by atoms with Crippen LogP contribution in [-0.4, -0.2) is 70.1 Å². The molecule has 1 saturated heterocycles. The number of nitrogens with two attached hydrogens (primary N) is 1. The Morgan fingerprint density at radius 1 is 1.58 bits per heavy atom. The first-order valence-electron chi connectivity index (χ1n) is 6.18. The van der Waals surface area contributed by atoms with Crippen molar-refractivity contribution in [1.29, 1.82) is 0 Å². The molecule has 1 aromatic rings. The number of hydrogen-bond donors (Lipinski definition) is 2. The van der Waals surface area contributed by atoms with Crippen LogP contribution in [0.1, 0.15) is 16.9 Å². The Balaban J connectivity index is 2.17. The molecule has 7 nitrogen and oxygen atoms in total. The molecule has 2 unspecified atom stereocenters. The van der Waals surface area contributed by atoms with Crippen molar-refractivity contribution in [3.05, 3.63) is 18.1 Å². The van der Waals surface area contributed by atoms with E-state index in [4.69, 9.17) is 5.73 Å². The van der Waals surface area contributed by atoms with Crippen molar-refractivity contribution in [2.45, 2.75) is 18.6 Å². The molecule has 19 heavy (non-hydrogen) atoms. The highest BCUT2D eigenvalue weighted by atomic mass is 16.3. The number of hydrogen-bond acceptors (Lipinski definition) is 6. The number of aromatic nitrogens is 2. The summed E-state index contributed by atoms with van der Waals surface area (Å²) in [6.07, 6.45) is 2.89. The average molecular weight is 265 g/mol. The van der Waals surface area contributed by atoms with Gasteiger partial charge in [0.25, 0.3) is 5.91 Å². The molecule has 0 spiro atoms. The quantitative estimate of drug-likeness (QED) is 0.742. The standard InChI is InChI=1S/C12H19N5O2/c1-16(2)6-8-3-9(18)7-17(8)12(19)10-4-14-5-11(13)15-10/h4-5,8-9,18H,3,6-7H2,1-2H3,(H2,13,15). The normalized spacial score (nSPS) is 23.1. The number of anilines is 1. The minimum atomic E-state index is -0.483. The lowest BCUT2D eigenvalue weighted by atomic mass is 10.2. The monoisotopic (exact) mass is 265 g/mol. The number of aliphatic hydroxyl groups is 1. The third-order valence-corrected chi connectivity index (χ3v) is 3.10. The number of likely N-dealkylation sites (tertiary alicyclic amines) is 1. The van der Waals surface area contributed by atoms with Crippen LogP contribution in [0, 0.1) is 0 Å². The number of rotatable bonds is 3. The Kier molecular flexibility index (Phi) is 3.96. The number of amides is 1. The van der Waals surface area contributed by atoms with Gasteiger partial charge in [0.05, 0.1) is 18.5 Å². The summed E-state index contributed by atoms with van der Waals surface area (Å²) in [5, 5.41) is 9.76. The van der Waals surface area contributed by atoms with Crippen LogP contribution in [0.4, 0.5) is 5.82 Å². The number of carbonyl (C=O) groups is 1. The molecule has 2 heterocycles. The Hall–Kier alpha value is -1.73. The molecule has 1 aromatic heterocycles. The summed E-state index contributed by atoms with van der Waals surface area (Å²) >= 11 is 0. The lowest BCUT2D eigenvalue weighted by Crippen LogP contribution is -2.41. The van der Waals surface area contributed by atoms with E-state index in [1.807, 2.05) is 19.0 Å². The summed E-state index contributed by atoms with van der Waals surface area (Å²) < 4.78 is 0. The van der Waals surface area contributed by atoms with Crippen molar-refractivity contribution in [3.63, 3.8) is 0 Å². The van der Waals surface area contributed by atoms with Gasteiger partial charge in [-0.2, -0.15) is 0 Å². The Bertz CT molecular complexity index is 465. The maximum Gasteiger partial charge on any atom is 0.274 e. The number of likely N-dealkylation sites (N-methyl/N-ethyl adjacent to an activating group) is 1. The highest BCUT2D eigenvalue weighted by Gasteiger charge is 2.35. The first-order chi connectivity index (χ1) is 8.97. The van der Waals surface area contributed by atoms with Gasteiger partial charge in [-0.05, 0) is 20.5 Å². The van der Waals surface area contributed by atoms with Gasteiger partial charge in [-0.1, -0.05) is 0 Å². The highest BCUT2D eigenvalue weighted by molar-refractivity contribution is 5.92. The molecular weight excluding hydrogens is 246 g/mol. The minimum absolute atomic E-state index is 0.0132. The van der Waals surface area contributed by atoms with Crippen LogP contribution in [-0.2, 0) is 0 Å². The van der Waals surface area contributed by atoms with Crippen molar-refractivity contribution in [2.24, 2.45) is 0 Å². The fourth-order valence-corrected chi connectivity index (χ4v) is 2.37. The third-order valence-electron chi connectivity index (χ3n) is 3.10. The van der Waals surface area contributed by atoms with Gasteiger partial charge in [-0.15, -0.1) is 0 Å². The topological polar surface area (TPSA) is 95.6 Å². The molecule has 1 aliphatic heterocycles. The zero-order valence-electron chi connectivity index (χ0n) is 11.2. The van der Waals surface area contributed by atoms with E-state index >= 15 is 0 Å². The van der Waals surface area contributed by atoms with Crippen LogP contribution in [0.25, 0.3) is 0 Å². The number of aliphatic hydroxyl groups excluding tert-OH is 1. The molecule has 1 aliphatic rings. The minimum Gasteiger partial charge on any atom is -0.391 e. The molecule has 1 fully saturated rings. The van der Waals surface area contributed by atoms with Crippen LogP contribution in [0.15, 0.2) is 12.4 Å². The molecule has 2 atom stereocenters. The smallest absolute Gasteiger partial charge is 0.274 e. The molecule has 0 bridgehead atoms. The zero-order valence-corrected chi connectivity index (χ0v) is 11.2. The maximum absolute atomic E-state index is 12.4. The third kappa shape index (κ3) is 3.18. The number of carbonyl (C=O) groups excluding carboxylic acids is 1. The van der Waals surface area contributed by atoms with Crippen LogP contribution >= 0.6 is 0 Å². The van der Waals surface area contributed by atoms with E-state index in [9.17, 15) is 9.90 Å². The fourth-order valence-electron chi connectivity index (χ4n) is 2.37. The van der Waals surface area contributed by atoms with E-state index in [1.54, 1.807) is 4.90 Å². The molecule has 104 valence electrons. The molecule has 3 N–H and O–H groups in total. The molecule has 1 amide bonds. The van der Waals surface area contributed by atoms with E-state index in [-0.39, 0.29) is 23.5 Å². The van der Waals surface area contributed by atoms with E-state index in [0.29, 0.717) is 19.5 Å². The fraction of sp³-hybridized carbons (Fsp3) is 0.583.